The lowest BCUT2D eigenvalue weighted by Gasteiger charge is -2.16. The highest BCUT2D eigenvalue weighted by atomic mass is 35.5. The summed E-state index contributed by atoms with van der Waals surface area (Å²) >= 11 is 5.93. The van der Waals surface area contributed by atoms with Crippen LogP contribution in [0.15, 0.2) is 54.6 Å². The molecular formula is C20H18ClFN4O. The Morgan fingerprint density at radius 3 is 2.78 bits per heavy atom. The first kappa shape index (κ1) is 17.5. The van der Waals surface area contributed by atoms with Gasteiger partial charge in [0.25, 0.3) is 5.91 Å². The third kappa shape index (κ3) is 3.80. The zero-order chi connectivity index (χ0) is 18.8. The van der Waals surface area contributed by atoms with Crippen LogP contribution in [0.25, 0.3) is 11.3 Å². The second kappa shape index (κ2) is 7.40. The fraction of sp³-hybridized carbons (Fsp3) is 0.200. The average Bonchev–Trinajstić information content (AvgIpc) is 3.32. The monoisotopic (exact) mass is 384 g/mol. The van der Waals surface area contributed by atoms with Gasteiger partial charge in [0.15, 0.2) is 5.82 Å². The molecule has 1 saturated heterocycles. The van der Waals surface area contributed by atoms with Crippen molar-refractivity contribution in [3.05, 3.63) is 71.0 Å². The number of anilines is 1. The van der Waals surface area contributed by atoms with Crippen molar-refractivity contribution in [1.82, 2.24) is 15.5 Å². The van der Waals surface area contributed by atoms with E-state index in [1.165, 1.54) is 12.1 Å². The van der Waals surface area contributed by atoms with Crippen LogP contribution in [0, 0.1) is 5.82 Å². The smallest absolute Gasteiger partial charge is 0.254 e. The van der Waals surface area contributed by atoms with Gasteiger partial charge in [-0.2, -0.15) is 5.10 Å². The Morgan fingerprint density at radius 1 is 1.22 bits per heavy atom. The van der Waals surface area contributed by atoms with Crippen molar-refractivity contribution >= 4 is 23.3 Å². The van der Waals surface area contributed by atoms with Crippen molar-refractivity contribution in [1.29, 1.82) is 0 Å². The van der Waals surface area contributed by atoms with Crippen molar-refractivity contribution < 1.29 is 9.18 Å². The van der Waals surface area contributed by atoms with Crippen LogP contribution in [0.2, 0.25) is 5.02 Å². The van der Waals surface area contributed by atoms with Gasteiger partial charge in [0, 0.05) is 30.2 Å². The number of H-pyrrole nitrogens is 1. The summed E-state index contributed by atoms with van der Waals surface area (Å²) < 4.78 is 13.8. The number of hydrogen-bond acceptors (Lipinski definition) is 3. The predicted octanol–water partition coefficient (Wildman–Crippen LogP) is 3.88. The van der Waals surface area contributed by atoms with Crippen molar-refractivity contribution in [2.45, 2.75) is 12.5 Å². The molecule has 138 valence electrons. The van der Waals surface area contributed by atoms with Gasteiger partial charge in [-0.05, 0) is 36.2 Å². The number of carbonyl (C=O) groups excluding carboxylic acids is 1. The summed E-state index contributed by atoms with van der Waals surface area (Å²) in [5, 5.41) is 11.0. The molecule has 0 radical (unpaired) electrons. The van der Waals surface area contributed by atoms with E-state index < -0.39 is 5.82 Å². The van der Waals surface area contributed by atoms with E-state index in [1.54, 1.807) is 12.1 Å². The molecule has 27 heavy (non-hydrogen) atoms. The second-order valence-corrected chi connectivity index (χ2v) is 6.97. The zero-order valence-corrected chi connectivity index (χ0v) is 15.2. The largest absolute Gasteiger partial charge is 0.353 e. The van der Waals surface area contributed by atoms with Crippen LogP contribution in [0.5, 0.6) is 0 Å². The van der Waals surface area contributed by atoms with Crippen LogP contribution < -0.4 is 10.2 Å². The number of benzene rings is 2. The van der Waals surface area contributed by atoms with E-state index in [2.05, 4.69) is 20.4 Å². The van der Waals surface area contributed by atoms with Crippen molar-refractivity contribution in [3.63, 3.8) is 0 Å². The number of rotatable bonds is 4. The van der Waals surface area contributed by atoms with Gasteiger partial charge < -0.3 is 10.2 Å². The van der Waals surface area contributed by atoms with Crippen molar-refractivity contribution in [2.75, 3.05) is 18.0 Å². The first-order valence-electron chi connectivity index (χ1n) is 8.72. The molecule has 0 bridgehead atoms. The maximum Gasteiger partial charge on any atom is 0.254 e. The van der Waals surface area contributed by atoms with Crippen LogP contribution in [0.4, 0.5) is 10.2 Å². The van der Waals surface area contributed by atoms with Crippen LogP contribution in [-0.2, 0) is 0 Å². The van der Waals surface area contributed by atoms with Gasteiger partial charge >= 0.3 is 0 Å². The Kier molecular flexibility index (Phi) is 4.81. The van der Waals surface area contributed by atoms with Crippen molar-refractivity contribution in [2.24, 2.45) is 0 Å². The molecule has 1 aromatic heterocycles. The number of nitrogens with one attached hydrogen (secondary N) is 2. The Balaban J connectivity index is 1.40. The summed E-state index contributed by atoms with van der Waals surface area (Å²) in [6.07, 6.45) is 0.781. The fourth-order valence-electron chi connectivity index (χ4n) is 3.25. The molecule has 1 atom stereocenters. The van der Waals surface area contributed by atoms with E-state index in [9.17, 15) is 9.18 Å². The highest BCUT2D eigenvalue weighted by Crippen LogP contribution is 2.25. The van der Waals surface area contributed by atoms with Crippen molar-refractivity contribution in [3.8, 4) is 11.3 Å². The molecule has 0 aliphatic carbocycles. The minimum atomic E-state index is -0.509. The van der Waals surface area contributed by atoms with E-state index in [0.717, 1.165) is 30.0 Å². The molecule has 0 saturated carbocycles. The standard InChI is InChI=1S/C20H18ClFN4O/c21-14-7-5-13(6-8-14)18-11-19(25-24-18)26-10-9-15(12-26)23-20(27)16-3-1-2-4-17(16)22/h1-8,11,15H,9-10,12H2,(H,23,27)(H,24,25)/t15-/m1/s1. The lowest BCUT2D eigenvalue weighted by Crippen LogP contribution is -2.37. The molecule has 7 heteroatoms. The normalized spacial score (nSPS) is 16.5. The van der Waals surface area contributed by atoms with E-state index in [-0.39, 0.29) is 17.5 Å². The Bertz CT molecular complexity index is 957. The topological polar surface area (TPSA) is 61.0 Å². The fourth-order valence-corrected chi connectivity index (χ4v) is 3.37. The molecular weight excluding hydrogens is 367 g/mol. The first-order valence-corrected chi connectivity index (χ1v) is 9.09. The molecule has 2 aromatic carbocycles. The number of aromatic nitrogens is 2. The molecule has 1 fully saturated rings. The maximum atomic E-state index is 13.8. The van der Waals surface area contributed by atoms with E-state index in [0.29, 0.717) is 11.6 Å². The highest BCUT2D eigenvalue weighted by molar-refractivity contribution is 6.30. The minimum absolute atomic E-state index is 0.0483. The maximum absolute atomic E-state index is 13.8. The molecule has 0 spiro atoms. The lowest BCUT2D eigenvalue weighted by atomic mass is 10.1. The average molecular weight is 385 g/mol. The Labute approximate surface area is 161 Å². The number of halogens is 2. The van der Waals surface area contributed by atoms with E-state index in [1.807, 2.05) is 30.3 Å². The van der Waals surface area contributed by atoms with E-state index >= 15 is 0 Å². The van der Waals surface area contributed by atoms with E-state index in [4.69, 9.17) is 11.6 Å². The molecule has 1 aliphatic heterocycles. The quantitative estimate of drug-likeness (QED) is 0.717. The summed E-state index contributed by atoms with van der Waals surface area (Å²) in [5.74, 6) is -0.0730. The summed E-state index contributed by atoms with van der Waals surface area (Å²) in [6, 6.07) is 15.5. The van der Waals surface area contributed by atoms with Gasteiger partial charge in [0.2, 0.25) is 0 Å². The van der Waals surface area contributed by atoms with Gasteiger partial charge in [-0.15, -0.1) is 0 Å². The highest BCUT2D eigenvalue weighted by Gasteiger charge is 2.26. The van der Waals surface area contributed by atoms with Gasteiger partial charge in [0.1, 0.15) is 5.82 Å². The molecule has 0 unspecified atom stereocenters. The SMILES string of the molecule is O=C(N[C@@H]1CCN(c2cc(-c3ccc(Cl)cc3)[nH]n2)C1)c1ccccc1F. The lowest BCUT2D eigenvalue weighted by molar-refractivity contribution is 0.0936. The molecule has 5 nitrogen and oxygen atoms in total. The van der Waals surface area contributed by atoms with Gasteiger partial charge in [-0.1, -0.05) is 35.9 Å². The molecule has 4 rings (SSSR count). The third-order valence-corrected chi connectivity index (χ3v) is 4.94. The number of hydrogen-bond donors (Lipinski definition) is 2. The molecule has 2 N–H and O–H groups in total. The third-order valence-electron chi connectivity index (χ3n) is 4.69. The predicted molar refractivity (Wildman–Crippen MR) is 104 cm³/mol. The summed E-state index contributed by atoms with van der Waals surface area (Å²) in [7, 11) is 0. The minimum Gasteiger partial charge on any atom is -0.353 e. The number of aromatic amines is 1. The zero-order valence-electron chi connectivity index (χ0n) is 14.5. The van der Waals surface area contributed by atoms with Crippen LogP contribution in [0.3, 0.4) is 0 Å². The summed E-state index contributed by atoms with van der Waals surface area (Å²) in [4.78, 5) is 14.4. The number of nitrogens with zero attached hydrogens (tertiary/aromatic N) is 2. The van der Waals surface area contributed by atoms with Crippen LogP contribution in [0.1, 0.15) is 16.8 Å². The Hall–Kier alpha value is -2.86. The van der Waals surface area contributed by atoms with Gasteiger partial charge in [0.05, 0.1) is 11.3 Å². The number of carbonyl (C=O) groups is 1. The van der Waals surface area contributed by atoms with Crippen LogP contribution >= 0.6 is 11.6 Å². The number of amides is 1. The molecule has 2 heterocycles. The molecule has 1 aliphatic rings. The van der Waals surface area contributed by atoms with Gasteiger partial charge in [-0.25, -0.2) is 4.39 Å². The summed E-state index contributed by atoms with van der Waals surface area (Å²) in [5.41, 5.74) is 1.98. The first-order chi connectivity index (χ1) is 13.1. The van der Waals surface area contributed by atoms with Crippen LogP contribution in [-0.4, -0.2) is 35.2 Å². The molecule has 3 aromatic rings. The second-order valence-electron chi connectivity index (χ2n) is 6.53. The molecule has 1 amide bonds. The Morgan fingerprint density at radius 2 is 2.00 bits per heavy atom. The van der Waals surface area contributed by atoms with Gasteiger partial charge in [-0.3, -0.25) is 9.89 Å². The summed E-state index contributed by atoms with van der Waals surface area (Å²) in [6.45, 7) is 1.40.